The molecule has 0 unspecified atom stereocenters. The van der Waals surface area contributed by atoms with Crippen LogP contribution in [0.25, 0.3) is 0 Å². The Bertz CT molecular complexity index is 101. The minimum absolute atomic E-state index is 0.166. The van der Waals surface area contributed by atoms with Crippen LogP contribution in [0.15, 0.2) is 0 Å². The van der Waals surface area contributed by atoms with Crippen LogP contribution in [0.2, 0.25) is 0 Å². The van der Waals surface area contributed by atoms with E-state index in [1.807, 2.05) is 6.92 Å². The maximum atomic E-state index is 10.3. The summed E-state index contributed by atoms with van der Waals surface area (Å²) in [5.41, 5.74) is 0. The average molecular weight is 146 g/mol. The van der Waals surface area contributed by atoms with Crippen molar-refractivity contribution in [3.63, 3.8) is 0 Å². The van der Waals surface area contributed by atoms with Gasteiger partial charge in [-0.05, 0) is 6.92 Å². The molecule has 0 fully saturated rings. The van der Waals surface area contributed by atoms with E-state index in [0.717, 1.165) is 6.42 Å². The lowest BCUT2D eigenvalue weighted by Gasteiger charge is -2.07. The van der Waals surface area contributed by atoms with Crippen LogP contribution in [0, 0.1) is 0 Å². The topological polar surface area (TPSA) is 35.5 Å². The number of carbonyl (C=O) groups excluding carboxylic acids is 1. The van der Waals surface area contributed by atoms with Crippen molar-refractivity contribution in [2.45, 2.75) is 26.4 Å². The highest BCUT2D eigenvalue weighted by molar-refractivity contribution is 5.65. The van der Waals surface area contributed by atoms with Gasteiger partial charge in [-0.25, -0.2) is 0 Å². The van der Waals surface area contributed by atoms with Gasteiger partial charge >= 0.3 is 5.97 Å². The first-order valence-electron chi connectivity index (χ1n) is 3.33. The van der Waals surface area contributed by atoms with Crippen molar-refractivity contribution < 1.29 is 14.3 Å². The van der Waals surface area contributed by atoms with Crippen molar-refractivity contribution in [2.75, 3.05) is 13.7 Å². The van der Waals surface area contributed by atoms with Gasteiger partial charge in [-0.1, -0.05) is 0 Å². The van der Waals surface area contributed by atoms with Crippen molar-refractivity contribution in [1.29, 1.82) is 0 Å². The second-order valence-electron chi connectivity index (χ2n) is 2.18. The standard InChI is InChI=1S/C7H14O3/c1-6(9-3)4-5-10-7(2)8/h6H,4-5H2,1-3H3/t6-/m1/s1. The smallest absolute Gasteiger partial charge is 0.302 e. The summed E-state index contributed by atoms with van der Waals surface area (Å²) in [6.07, 6.45) is 0.926. The van der Waals surface area contributed by atoms with Crippen LogP contribution in [0.3, 0.4) is 0 Å². The van der Waals surface area contributed by atoms with Crippen molar-refractivity contribution in [3.05, 3.63) is 0 Å². The summed E-state index contributed by atoms with van der Waals surface area (Å²) < 4.78 is 9.64. The molecule has 0 saturated heterocycles. The molecule has 0 aliphatic heterocycles. The van der Waals surface area contributed by atoms with Crippen LogP contribution in [-0.4, -0.2) is 25.8 Å². The summed E-state index contributed by atoms with van der Waals surface area (Å²) in [7, 11) is 1.64. The minimum Gasteiger partial charge on any atom is -0.466 e. The van der Waals surface area contributed by atoms with Gasteiger partial charge in [0.1, 0.15) is 0 Å². The Kier molecular flexibility index (Phi) is 4.94. The zero-order valence-corrected chi connectivity index (χ0v) is 6.72. The Hall–Kier alpha value is -0.570. The third-order valence-corrected chi connectivity index (χ3v) is 1.23. The molecule has 0 aromatic carbocycles. The molecular weight excluding hydrogens is 132 g/mol. The van der Waals surface area contributed by atoms with E-state index < -0.39 is 0 Å². The maximum absolute atomic E-state index is 10.3. The molecule has 1 atom stereocenters. The van der Waals surface area contributed by atoms with E-state index in [1.54, 1.807) is 7.11 Å². The number of esters is 1. The van der Waals surface area contributed by atoms with Gasteiger partial charge in [0.25, 0.3) is 0 Å². The van der Waals surface area contributed by atoms with Gasteiger partial charge in [-0.2, -0.15) is 0 Å². The van der Waals surface area contributed by atoms with Crippen LogP contribution >= 0.6 is 0 Å². The molecule has 0 heterocycles. The van der Waals surface area contributed by atoms with E-state index >= 15 is 0 Å². The molecule has 0 N–H and O–H groups in total. The monoisotopic (exact) mass is 146 g/mol. The molecule has 3 nitrogen and oxygen atoms in total. The van der Waals surface area contributed by atoms with Gasteiger partial charge in [-0.3, -0.25) is 4.79 Å². The fraction of sp³-hybridized carbons (Fsp3) is 0.857. The van der Waals surface area contributed by atoms with Crippen LogP contribution in [0.1, 0.15) is 20.3 Å². The largest absolute Gasteiger partial charge is 0.466 e. The van der Waals surface area contributed by atoms with Crippen molar-refractivity contribution in [3.8, 4) is 0 Å². The number of methoxy groups -OCH3 is 1. The van der Waals surface area contributed by atoms with Gasteiger partial charge in [0, 0.05) is 20.5 Å². The molecule has 0 rings (SSSR count). The number of carbonyl (C=O) groups is 1. The first kappa shape index (κ1) is 9.43. The number of hydrogen-bond donors (Lipinski definition) is 0. The first-order chi connectivity index (χ1) is 4.66. The summed E-state index contributed by atoms with van der Waals surface area (Å²) in [4.78, 5) is 10.3. The molecule has 0 aromatic heterocycles. The van der Waals surface area contributed by atoms with Gasteiger partial charge < -0.3 is 9.47 Å². The minimum atomic E-state index is -0.233. The van der Waals surface area contributed by atoms with Crippen molar-refractivity contribution in [1.82, 2.24) is 0 Å². The molecule has 0 aliphatic carbocycles. The normalized spacial score (nSPS) is 12.7. The van der Waals surface area contributed by atoms with E-state index in [1.165, 1.54) is 6.92 Å². The van der Waals surface area contributed by atoms with Crippen LogP contribution in [-0.2, 0) is 14.3 Å². The van der Waals surface area contributed by atoms with Gasteiger partial charge in [0.05, 0.1) is 12.7 Å². The summed E-state index contributed by atoms with van der Waals surface area (Å²) in [5.74, 6) is -0.233. The molecule has 0 spiro atoms. The second kappa shape index (κ2) is 5.23. The Labute approximate surface area is 61.3 Å². The average Bonchev–Trinajstić information content (AvgIpc) is 1.87. The fourth-order valence-corrected chi connectivity index (χ4v) is 0.486. The Morgan fingerprint density at radius 1 is 1.60 bits per heavy atom. The molecule has 0 aliphatic rings. The maximum Gasteiger partial charge on any atom is 0.302 e. The Morgan fingerprint density at radius 2 is 2.20 bits per heavy atom. The van der Waals surface area contributed by atoms with E-state index in [0.29, 0.717) is 6.61 Å². The quantitative estimate of drug-likeness (QED) is 0.554. The second-order valence-corrected chi connectivity index (χ2v) is 2.18. The molecule has 0 bridgehead atoms. The van der Waals surface area contributed by atoms with E-state index in [2.05, 4.69) is 0 Å². The third kappa shape index (κ3) is 5.56. The molecule has 60 valence electrons. The summed E-state index contributed by atoms with van der Waals surface area (Å²) in [6, 6.07) is 0. The third-order valence-electron chi connectivity index (χ3n) is 1.23. The van der Waals surface area contributed by atoms with Gasteiger partial charge in [-0.15, -0.1) is 0 Å². The predicted molar refractivity (Wildman–Crippen MR) is 37.7 cm³/mol. The lowest BCUT2D eigenvalue weighted by atomic mass is 10.3. The summed E-state index contributed by atoms with van der Waals surface area (Å²) in [6.45, 7) is 3.78. The van der Waals surface area contributed by atoms with Crippen molar-refractivity contribution in [2.24, 2.45) is 0 Å². The zero-order chi connectivity index (χ0) is 7.98. The highest BCUT2D eigenvalue weighted by Gasteiger charge is 1.99. The Morgan fingerprint density at radius 3 is 2.60 bits per heavy atom. The van der Waals surface area contributed by atoms with Crippen LogP contribution in [0.5, 0.6) is 0 Å². The lowest BCUT2D eigenvalue weighted by Crippen LogP contribution is -2.10. The van der Waals surface area contributed by atoms with Crippen LogP contribution in [0.4, 0.5) is 0 Å². The molecule has 0 radical (unpaired) electrons. The van der Waals surface area contributed by atoms with Gasteiger partial charge in [0.15, 0.2) is 0 Å². The lowest BCUT2D eigenvalue weighted by molar-refractivity contribution is -0.141. The summed E-state index contributed by atoms with van der Waals surface area (Å²) >= 11 is 0. The molecule has 0 amide bonds. The number of hydrogen-bond acceptors (Lipinski definition) is 3. The number of rotatable bonds is 4. The predicted octanol–water partition coefficient (Wildman–Crippen LogP) is 0.974. The van der Waals surface area contributed by atoms with Gasteiger partial charge in [0.2, 0.25) is 0 Å². The van der Waals surface area contributed by atoms with E-state index in [4.69, 9.17) is 9.47 Å². The molecule has 0 aromatic rings. The highest BCUT2D eigenvalue weighted by Crippen LogP contribution is 1.94. The number of ether oxygens (including phenoxy) is 2. The fourth-order valence-electron chi connectivity index (χ4n) is 0.486. The Balaban J connectivity index is 3.11. The summed E-state index contributed by atoms with van der Waals surface area (Å²) in [5, 5.41) is 0. The first-order valence-corrected chi connectivity index (χ1v) is 3.33. The zero-order valence-electron chi connectivity index (χ0n) is 6.72. The highest BCUT2D eigenvalue weighted by atomic mass is 16.5. The van der Waals surface area contributed by atoms with E-state index in [9.17, 15) is 4.79 Å². The molecule has 3 heteroatoms. The van der Waals surface area contributed by atoms with Crippen molar-refractivity contribution >= 4 is 5.97 Å². The molecule has 10 heavy (non-hydrogen) atoms. The van der Waals surface area contributed by atoms with E-state index in [-0.39, 0.29) is 12.1 Å². The SMILES string of the molecule is CO[C@H](C)CCOC(C)=O. The molecular formula is C7H14O3. The molecule has 0 saturated carbocycles. The van der Waals surface area contributed by atoms with Crippen LogP contribution < -0.4 is 0 Å².